The number of aromatic amines is 1. The number of carbonyl (C=O) groups excluding carboxylic acids is 1. The molecule has 0 saturated heterocycles. The van der Waals surface area contributed by atoms with Crippen LogP contribution in [0.5, 0.6) is 11.5 Å². The summed E-state index contributed by atoms with van der Waals surface area (Å²) in [5.41, 5.74) is -0.884. The van der Waals surface area contributed by atoms with Gasteiger partial charge in [-0.3, -0.25) is 14.2 Å². The average Bonchev–Trinajstić information content (AvgIpc) is 2.90. The predicted molar refractivity (Wildman–Crippen MR) is 146 cm³/mol. The van der Waals surface area contributed by atoms with Gasteiger partial charge in [0.05, 0.1) is 27.2 Å². The summed E-state index contributed by atoms with van der Waals surface area (Å²) >= 11 is 11.4. The topological polar surface area (TPSA) is 76.1 Å². The number of para-hydroxylation sites is 1. The number of nitrogens with zero attached hydrogens (tertiary/aromatic N) is 1. The summed E-state index contributed by atoms with van der Waals surface area (Å²) in [6, 6.07) is 22.9. The molecule has 0 radical (unpaired) electrons. The fraction of sp³-hybridized carbons (Fsp3) is 0.0357. The second-order valence-electron chi connectivity index (χ2n) is 8.39. The number of halogens is 4. The molecule has 6 nitrogen and oxygen atoms in total. The number of anilines is 1. The van der Waals surface area contributed by atoms with Crippen LogP contribution in [0.2, 0.25) is 5.02 Å². The maximum absolute atomic E-state index is 13.2. The number of benzene rings is 4. The number of hydrogen-bond donors (Lipinski definition) is 2. The Bertz CT molecular complexity index is 1820. The zero-order valence-corrected chi connectivity index (χ0v) is 21.3. The monoisotopic (exact) mass is 567 g/mol. The standard InChI is InChI=1S/C28H17ClF3N3O3S/c29-22-13-7-17(28(30,31)32)15-24(22)35-26(37)21-12-6-16(14-23(21)34-27(35)39)25(36)33-18-8-10-20(11-9-18)38-19-4-2-1-3-5-19/h1-15H,(H,33,36)(H,34,39). The molecule has 196 valence electrons. The molecule has 1 amide bonds. The van der Waals surface area contributed by atoms with Gasteiger partial charge in [-0.2, -0.15) is 13.2 Å². The van der Waals surface area contributed by atoms with Crippen molar-refractivity contribution in [2.24, 2.45) is 0 Å². The van der Waals surface area contributed by atoms with E-state index >= 15 is 0 Å². The van der Waals surface area contributed by atoms with Crippen LogP contribution in [0.15, 0.2) is 95.8 Å². The van der Waals surface area contributed by atoms with Crippen LogP contribution in [-0.4, -0.2) is 15.5 Å². The number of fused-ring (bicyclic) bond motifs is 1. The van der Waals surface area contributed by atoms with Gasteiger partial charge in [-0.1, -0.05) is 29.8 Å². The maximum Gasteiger partial charge on any atom is 0.416 e. The normalized spacial score (nSPS) is 11.4. The summed E-state index contributed by atoms with van der Waals surface area (Å²) in [6.07, 6.45) is -4.64. The Morgan fingerprint density at radius 3 is 2.31 bits per heavy atom. The molecule has 0 spiro atoms. The number of H-pyrrole nitrogens is 1. The third-order valence-electron chi connectivity index (χ3n) is 5.77. The zero-order valence-electron chi connectivity index (χ0n) is 19.8. The van der Waals surface area contributed by atoms with Crippen LogP contribution in [0.1, 0.15) is 15.9 Å². The lowest BCUT2D eigenvalue weighted by atomic mass is 10.1. The number of amides is 1. The van der Waals surface area contributed by atoms with Gasteiger partial charge in [-0.25, -0.2) is 0 Å². The first-order valence-electron chi connectivity index (χ1n) is 11.4. The summed E-state index contributed by atoms with van der Waals surface area (Å²) in [6.45, 7) is 0. The Balaban J connectivity index is 1.41. The molecule has 11 heteroatoms. The van der Waals surface area contributed by atoms with Crippen LogP contribution >= 0.6 is 23.8 Å². The largest absolute Gasteiger partial charge is 0.457 e. The highest BCUT2D eigenvalue weighted by Crippen LogP contribution is 2.33. The van der Waals surface area contributed by atoms with E-state index < -0.39 is 23.2 Å². The number of alkyl halides is 3. The van der Waals surface area contributed by atoms with Gasteiger partial charge >= 0.3 is 6.18 Å². The minimum absolute atomic E-state index is 0.0832. The molecule has 5 rings (SSSR count). The SMILES string of the molecule is O=C(Nc1ccc(Oc2ccccc2)cc1)c1ccc2c(=O)n(-c3cc(C(F)(F)F)ccc3Cl)c(=S)[nH]c2c1. The third-order valence-corrected chi connectivity index (χ3v) is 6.37. The molecule has 1 heterocycles. The van der Waals surface area contributed by atoms with E-state index in [-0.39, 0.29) is 31.9 Å². The van der Waals surface area contributed by atoms with E-state index in [1.54, 1.807) is 24.3 Å². The van der Waals surface area contributed by atoms with Crippen LogP contribution in [0.25, 0.3) is 16.6 Å². The Morgan fingerprint density at radius 1 is 0.923 bits per heavy atom. The smallest absolute Gasteiger partial charge is 0.416 e. The highest BCUT2D eigenvalue weighted by molar-refractivity contribution is 7.71. The van der Waals surface area contributed by atoms with Gasteiger partial charge in [0.1, 0.15) is 11.5 Å². The Labute approximate surface area is 229 Å². The molecule has 0 bridgehead atoms. The second-order valence-corrected chi connectivity index (χ2v) is 9.18. The molecule has 0 saturated carbocycles. The minimum atomic E-state index is -4.64. The molecule has 1 aromatic heterocycles. The Morgan fingerprint density at radius 2 is 1.62 bits per heavy atom. The minimum Gasteiger partial charge on any atom is -0.457 e. The van der Waals surface area contributed by atoms with Gasteiger partial charge in [-0.15, -0.1) is 0 Å². The van der Waals surface area contributed by atoms with Crippen molar-refractivity contribution in [2.75, 3.05) is 5.32 Å². The van der Waals surface area contributed by atoms with Crippen molar-refractivity contribution in [1.29, 1.82) is 0 Å². The fourth-order valence-corrected chi connectivity index (χ4v) is 4.37. The Kier molecular flexibility index (Phi) is 6.98. The summed E-state index contributed by atoms with van der Waals surface area (Å²) < 4.78 is 46.2. The lowest BCUT2D eigenvalue weighted by Gasteiger charge is -2.13. The highest BCUT2D eigenvalue weighted by Gasteiger charge is 2.31. The molecular weight excluding hydrogens is 551 g/mol. The zero-order chi connectivity index (χ0) is 27.7. The van der Waals surface area contributed by atoms with Crippen molar-refractivity contribution in [1.82, 2.24) is 9.55 Å². The van der Waals surface area contributed by atoms with E-state index in [0.29, 0.717) is 17.2 Å². The van der Waals surface area contributed by atoms with Crippen molar-refractivity contribution in [2.45, 2.75) is 6.18 Å². The van der Waals surface area contributed by atoms with Crippen LogP contribution in [0, 0.1) is 4.77 Å². The van der Waals surface area contributed by atoms with Crippen molar-refractivity contribution >= 4 is 46.3 Å². The second kappa shape index (κ2) is 10.4. The van der Waals surface area contributed by atoms with Crippen LogP contribution in [-0.2, 0) is 6.18 Å². The van der Waals surface area contributed by atoms with Gasteiger partial charge in [0, 0.05) is 11.3 Å². The van der Waals surface area contributed by atoms with Crippen molar-refractivity contribution < 1.29 is 22.7 Å². The third kappa shape index (κ3) is 5.57. The van der Waals surface area contributed by atoms with Gasteiger partial charge in [0.2, 0.25) is 0 Å². The molecule has 0 aliphatic carbocycles. The Hall–Kier alpha value is -4.41. The lowest BCUT2D eigenvalue weighted by Crippen LogP contribution is -2.22. The van der Waals surface area contributed by atoms with E-state index in [1.165, 1.54) is 18.2 Å². The molecule has 4 aromatic carbocycles. The number of rotatable bonds is 5. The summed E-state index contributed by atoms with van der Waals surface area (Å²) in [5, 5.41) is 2.79. The number of nitrogens with one attached hydrogen (secondary N) is 2. The van der Waals surface area contributed by atoms with Crippen LogP contribution in [0.3, 0.4) is 0 Å². The quantitative estimate of drug-likeness (QED) is 0.213. The van der Waals surface area contributed by atoms with Gasteiger partial charge < -0.3 is 15.0 Å². The van der Waals surface area contributed by atoms with Crippen molar-refractivity contribution in [3.8, 4) is 17.2 Å². The van der Waals surface area contributed by atoms with Gasteiger partial charge in [0.15, 0.2) is 4.77 Å². The van der Waals surface area contributed by atoms with Crippen molar-refractivity contribution in [3.63, 3.8) is 0 Å². The highest BCUT2D eigenvalue weighted by atomic mass is 35.5. The van der Waals surface area contributed by atoms with Crippen molar-refractivity contribution in [3.05, 3.63) is 122 Å². The maximum atomic E-state index is 13.2. The van der Waals surface area contributed by atoms with Gasteiger partial charge in [-0.05, 0) is 85.0 Å². The van der Waals surface area contributed by atoms with E-state index in [1.807, 2.05) is 30.3 Å². The molecule has 2 N–H and O–H groups in total. The van der Waals surface area contributed by atoms with E-state index in [4.69, 9.17) is 28.6 Å². The average molecular weight is 568 g/mol. The predicted octanol–water partition coefficient (Wildman–Crippen LogP) is 7.77. The molecule has 5 aromatic rings. The first-order valence-corrected chi connectivity index (χ1v) is 12.2. The number of aromatic nitrogens is 2. The fourth-order valence-electron chi connectivity index (χ4n) is 3.87. The van der Waals surface area contributed by atoms with E-state index in [0.717, 1.165) is 22.8 Å². The molecular formula is C28H17ClF3N3O3S. The molecule has 0 aliphatic heterocycles. The van der Waals surface area contributed by atoms with Gasteiger partial charge in [0.25, 0.3) is 11.5 Å². The summed E-state index contributed by atoms with van der Waals surface area (Å²) in [4.78, 5) is 28.9. The first-order chi connectivity index (χ1) is 18.6. The molecule has 0 aliphatic rings. The van der Waals surface area contributed by atoms with E-state index in [9.17, 15) is 22.8 Å². The lowest BCUT2D eigenvalue weighted by molar-refractivity contribution is -0.137. The number of carbonyl (C=O) groups is 1. The number of hydrogen-bond acceptors (Lipinski definition) is 4. The summed E-state index contributed by atoms with van der Waals surface area (Å²) in [7, 11) is 0. The molecule has 0 atom stereocenters. The molecule has 0 unspecified atom stereocenters. The van der Waals surface area contributed by atoms with Crippen LogP contribution in [0.4, 0.5) is 18.9 Å². The van der Waals surface area contributed by atoms with Crippen LogP contribution < -0.4 is 15.6 Å². The number of ether oxygens (including phenoxy) is 1. The first kappa shape index (κ1) is 26.2. The van der Waals surface area contributed by atoms with E-state index in [2.05, 4.69) is 10.3 Å². The molecule has 39 heavy (non-hydrogen) atoms. The molecule has 0 fully saturated rings. The summed E-state index contributed by atoms with van der Waals surface area (Å²) in [5.74, 6) is 0.824.